The van der Waals surface area contributed by atoms with Gasteiger partial charge in [-0.05, 0) is 43.0 Å². The van der Waals surface area contributed by atoms with E-state index in [-0.39, 0.29) is 29.3 Å². The molecule has 7 nitrogen and oxygen atoms in total. The van der Waals surface area contributed by atoms with Gasteiger partial charge in [0.25, 0.3) is 5.91 Å². The molecular formula is C21H19F4N5O2. The maximum absolute atomic E-state index is 14.0. The number of halogens is 4. The molecule has 2 fully saturated rings. The third-order valence-electron chi connectivity index (χ3n) is 5.97. The molecule has 2 aliphatic heterocycles. The number of hydrogen-bond acceptors (Lipinski definition) is 6. The van der Waals surface area contributed by atoms with Crippen molar-refractivity contribution in [3.63, 3.8) is 0 Å². The number of amides is 1. The molecule has 168 valence electrons. The molecule has 1 aliphatic carbocycles. The van der Waals surface area contributed by atoms with Gasteiger partial charge in [-0.1, -0.05) is 0 Å². The minimum absolute atomic E-state index is 0.0741. The summed E-state index contributed by atoms with van der Waals surface area (Å²) in [4.78, 5) is 18.8. The molecule has 1 amide bonds. The van der Waals surface area contributed by atoms with E-state index in [1.165, 1.54) is 29.4 Å². The first-order chi connectivity index (χ1) is 15.3. The summed E-state index contributed by atoms with van der Waals surface area (Å²) in [5.41, 5.74) is 2.73. The van der Waals surface area contributed by atoms with Crippen molar-refractivity contribution < 1.29 is 27.1 Å². The van der Waals surface area contributed by atoms with Gasteiger partial charge in [0.2, 0.25) is 5.88 Å². The fraction of sp³-hybridized carbons (Fsp3) is 0.381. The number of alkyl halides is 3. The highest BCUT2D eigenvalue weighted by Crippen LogP contribution is 2.41. The van der Waals surface area contributed by atoms with Crippen molar-refractivity contribution in [3.05, 3.63) is 53.5 Å². The van der Waals surface area contributed by atoms with E-state index in [9.17, 15) is 22.4 Å². The number of hydrazine groups is 1. The zero-order chi connectivity index (χ0) is 22.5. The van der Waals surface area contributed by atoms with Crippen LogP contribution in [0.3, 0.4) is 0 Å². The molecule has 3 atom stereocenters. The molecule has 3 aliphatic rings. The Labute approximate surface area is 180 Å². The molecule has 2 aromatic rings. The molecule has 2 bridgehead atoms. The first-order valence-corrected chi connectivity index (χ1v) is 10.2. The van der Waals surface area contributed by atoms with Gasteiger partial charge in [-0.15, -0.1) is 0 Å². The summed E-state index contributed by atoms with van der Waals surface area (Å²) in [6, 6.07) is 5.77. The number of likely N-dealkylation sites (tertiary alicyclic amines) is 1. The van der Waals surface area contributed by atoms with E-state index in [2.05, 4.69) is 15.5 Å². The van der Waals surface area contributed by atoms with Gasteiger partial charge in [0.15, 0.2) is 0 Å². The molecule has 1 saturated heterocycles. The van der Waals surface area contributed by atoms with Crippen LogP contribution in [0.25, 0.3) is 0 Å². The predicted molar refractivity (Wildman–Crippen MR) is 107 cm³/mol. The largest absolute Gasteiger partial charge is 0.472 e. The first-order valence-electron chi connectivity index (χ1n) is 10.2. The van der Waals surface area contributed by atoms with Crippen molar-refractivity contribution in [3.8, 4) is 5.88 Å². The van der Waals surface area contributed by atoms with Crippen LogP contribution in [-0.2, 0) is 6.18 Å². The van der Waals surface area contributed by atoms with Crippen LogP contribution >= 0.6 is 0 Å². The zero-order valence-electron chi connectivity index (χ0n) is 16.7. The standard InChI is InChI=1S/C21H19F4N5O2/c22-14-2-3-16(30-27-5-6-28-30)15(9-14)20(31)29-11-12-7-17(29)18(8-12)32-19-4-1-13(10-26-19)21(23,24)25/h1-5,9-10,12,17-18,28H,6-8,11H2. The Morgan fingerprint density at radius 3 is 2.69 bits per heavy atom. The minimum atomic E-state index is -4.47. The second-order valence-corrected chi connectivity index (χ2v) is 8.04. The molecule has 5 rings (SSSR count). The maximum Gasteiger partial charge on any atom is 0.417 e. The Hall–Kier alpha value is -3.21. The summed E-state index contributed by atoms with van der Waals surface area (Å²) in [7, 11) is 0. The Morgan fingerprint density at radius 2 is 2.03 bits per heavy atom. The fourth-order valence-corrected chi connectivity index (χ4v) is 4.56. The maximum atomic E-state index is 14.0. The minimum Gasteiger partial charge on any atom is -0.472 e. The molecule has 1 saturated carbocycles. The lowest BCUT2D eigenvalue weighted by Crippen LogP contribution is -2.47. The van der Waals surface area contributed by atoms with Gasteiger partial charge in [0.05, 0.1) is 29.4 Å². The van der Waals surface area contributed by atoms with Gasteiger partial charge in [0.1, 0.15) is 11.9 Å². The topological polar surface area (TPSA) is 70.1 Å². The Kier molecular flexibility index (Phi) is 5.00. The van der Waals surface area contributed by atoms with Gasteiger partial charge in [-0.3, -0.25) is 4.79 Å². The van der Waals surface area contributed by atoms with Gasteiger partial charge < -0.3 is 9.64 Å². The summed E-state index contributed by atoms with van der Waals surface area (Å²) < 4.78 is 58.1. The normalized spacial score (nSPS) is 24.4. The third-order valence-corrected chi connectivity index (χ3v) is 5.97. The number of piperidine rings is 1. The second-order valence-electron chi connectivity index (χ2n) is 8.04. The van der Waals surface area contributed by atoms with Crippen molar-refractivity contribution in [2.45, 2.75) is 31.2 Å². The number of nitrogens with one attached hydrogen (secondary N) is 1. The number of hydrazone groups is 1. The first kappa shape index (κ1) is 20.7. The lowest BCUT2D eigenvalue weighted by atomic mass is 10.1. The fourth-order valence-electron chi connectivity index (χ4n) is 4.56. The number of carbonyl (C=O) groups excluding carboxylic acids is 1. The van der Waals surface area contributed by atoms with Crippen molar-refractivity contribution in [2.24, 2.45) is 11.0 Å². The number of benzene rings is 1. The number of carbonyl (C=O) groups is 1. The number of ether oxygens (including phenoxy) is 1. The number of rotatable bonds is 4. The molecule has 3 unspecified atom stereocenters. The van der Waals surface area contributed by atoms with Crippen molar-refractivity contribution >= 4 is 17.8 Å². The zero-order valence-corrected chi connectivity index (χ0v) is 16.7. The van der Waals surface area contributed by atoms with Crippen LogP contribution in [-0.4, -0.2) is 47.2 Å². The number of aromatic nitrogens is 1. The van der Waals surface area contributed by atoms with Crippen molar-refractivity contribution in [2.75, 3.05) is 18.2 Å². The molecule has 1 aromatic heterocycles. The summed E-state index contributed by atoms with van der Waals surface area (Å²) in [5, 5.41) is 5.57. The monoisotopic (exact) mass is 449 g/mol. The molecular weight excluding hydrogens is 430 g/mol. The highest BCUT2D eigenvalue weighted by atomic mass is 19.4. The number of hydrogen-bond donors (Lipinski definition) is 1. The third kappa shape index (κ3) is 3.77. The average molecular weight is 449 g/mol. The van der Waals surface area contributed by atoms with E-state index in [4.69, 9.17) is 4.74 Å². The van der Waals surface area contributed by atoms with E-state index in [0.29, 0.717) is 31.6 Å². The molecule has 3 heterocycles. The van der Waals surface area contributed by atoms with Gasteiger partial charge in [0, 0.05) is 25.0 Å². The SMILES string of the molecule is O=C(c1cc(F)ccc1N1N=CCN1)N1CC2CC(Oc3ccc(C(F)(F)F)cn3)C1C2. The van der Waals surface area contributed by atoms with Crippen LogP contribution in [0.15, 0.2) is 41.6 Å². The summed E-state index contributed by atoms with van der Waals surface area (Å²) in [6.45, 7) is 1.01. The van der Waals surface area contributed by atoms with Crippen molar-refractivity contribution in [1.82, 2.24) is 15.3 Å². The molecule has 0 radical (unpaired) electrons. The second kappa shape index (κ2) is 7.73. The number of nitrogens with zero attached hydrogens (tertiary/aromatic N) is 4. The molecule has 0 spiro atoms. The summed E-state index contributed by atoms with van der Waals surface area (Å²) in [6.07, 6.45) is -1.13. The van der Waals surface area contributed by atoms with E-state index < -0.39 is 23.7 Å². The molecule has 1 aromatic carbocycles. The van der Waals surface area contributed by atoms with E-state index in [1.807, 2.05) is 0 Å². The molecule has 32 heavy (non-hydrogen) atoms. The Bertz CT molecular complexity index is 1060. The van der Waals surface area contributed by atoms with Crippen LogP contribution < -0.4 is 15.3 Å². The van der Waals surface area contributed by atoms with E-state index >= 15 is 0 Å². The van der Waals surface area contributed by atoms with Crippen LogP contribution in [0.4, 0.5) is 23.2 Å². The highest BCUT2D eigenvalue weighted by Gasteiger charge is 2.49. The van der Waals surface area contributed by atoms with Gasteiger partial charge >= 0.3 is 6.18 Å². The van der Waals surface area contributed by atoms with Crippen LogP contribution in [0, 0.1) is 11.7 Å². The Balaban J connectivity index is 1.35. The Morgan fingerprint density at radius 1 is 1.19 bits per heavy atom. The smallest absolute Gasteiger partial charge is 0.417 e. The van der Waals surface area contributed by atoms with Gasteiger partial charge in [-0.2, -0.15) is 23.4 Å². The lowest BCUT2D eigenvalue weighted by molar-refractivity contribution is -0.137. The molecule has 1 N–H and O–H groups in total. The average Bonchev–Trinajstić information content (AvgIpc) is 3.50. The number of pyridine rings is 1. The van der Waals surface area contributed by atoms with Crippen LogP contribution in [0.5, 0.6) is 5.88 Å². The van der Waals surface area contributed by atoms with Gasteiger partial charge in [-0.25, -0.2) is 14.8 Å². The van der Waals surface area contributed by atoms with Crippen LogP contribution in [0.1, 0.15) is 28.8 Å². The van der Waals surface area contributed by atoms with Crippen molar-refractivity contribution in [1.29, 1.82) is 0 Å². The number of anilines is 1. The highest BCUT2D eigenvalue weighted by molar-refractivity contribution is 6.00. The number of fused-ring (bicyclic) bond motifs is 2. The predicted octanol–water partition coefficient (Wildman–Crippen LogP) is 3.23. The summed E-state index contributed by atoms with van der Waals surface area (Å²) >= 11 is 0. The molecule has 11 heteroatoms. The summed E-state index contributed by atoms with van der Waals surface area (Å²) in [5.74, 6) is -0.607. The van der Waals surface area contributed by atoms with E-state index in [1.54, 1.807) is 11.1 Å². The quantitative estimate of drug-likeness (QED) is 0.726. The lowest BCUT2D eigenvalue weighted by Gasteiger charge is -2.34. The van der Waals surface area contributed by atoms with Crippen LogP contribution in [0.2, 0.25) is 0 Å². The van der Waals surface area contributed by atoms with E-state index in [0.717, 1.165) is 12.3 Å².